The molecule has 1 aliphatic carbocycles. The summed E-state index contributed by atoms with van der Waals surface area (Å²) in [7, 11) is 3.16. The van der Waals surface area contributed by atoms with Gasteiger partial charge in [0.25, 0.3) is 0 Å². The van der Waals surface area contributed by atoms with Gasteiger partial charge in [0, 0.05) is 35.2 Å². The third-order valence-corrected chi connectivity index (χ3v) is 8.20. The molecule has 1 aromatic carbocycles. The molecule has 0 fully saturated rings. The number of nitrogens with one attached hydrogen (secondary N) is 1. The highest BCUT2D eigenvalue weighted by Crippen LogP contribution is 2.39. The lowest BCUT2D eigenvalue weighted by atomic mass is 9.89. The van der Waals surface area contributed by atoms with Crippen LogP contribution in [0, 0.1) is 5.92 Å². The summed E-state index contributed by atoms with van der Waals surface area (Å²) in [4.78, 5) is 20.2. The van der Waals surface area contributed by atoms with Crippen molar-refractivity contribution in [2.75, 3.05) is 25.3 Å². The Kier molecular flexibility index (Phi) is 6.35. The molecule has 1 aliphatic rings. The van der Waals surface area contributed by atoms with Crippen molar-refractivity contribution in [3.05, 3.63) is 34.5 Å². The second kappa shape index (κ2) is 9.42. The van der Waals surface area contributed by atoms with E-state index in [9.17, 15) is 4.79 Å². The van der Waals surface area contributed by atoms with Gasteiger partial charge in [-0.3, -0.25) is 9.20 Å². The van der Waals surface area contributed by atoms with E-state index in [4.69, 9.17) is 14.5 Å². The highest BCUT2D eigenvalue weighted by Gasteiger charge is 2.25. The molecule has 0 spiro atoms. The number of aryl methyl sites for hydroxylation is 2. The Morgan fingerprint density at radius 2 is 2.00 bits per heavy atom. The molecule has 5 rings (SSSR count). The maximum atomic E-state index is 12.7. The fourth-order valence-corrected chi connectivity index (χ4v) is 6.56. The van der Waals surface area contributed by atoms with Crippen molar-refractivity contribution in [2.24, 2.45) is 5.92 Å². The minimum Gasteiger partial charge on any atom is -0.497 e. The summed E-state index contributed by atoms with van der Waals surface area (Å²) in [6.07, 6.45) is 4.11. The van der Waals surface area contributed by atoms with Gasteiger partial charge in [-0.2, -0.15) is 0 Å². The Bertz CT molecular complexity index is 1360. The van der Waals surface area contributed by atoms with Crippen LogP contribution in [0.5, 0.6) is 11.5 Å². The molecule has 0 bridgehead atoms. The number of hydrogen-bond donors (Lipinski definition) is 1. The zero-order chi connectivity index (χ0) is 23.8. The predicted molar refractivity (Wildman–Crippen MR) is 136 cm³/mol. The SMILES string of the molecule is CCc1nc2sc3c(c2c2nnc(SCC(=O)Nc4cc(OC)cc(OC)c4)n12)CC[C@@H](C)C3. The average Bonchev–Trinajstić information content (AvgIpc) is 3.42. The van der Waals surface area contributed by atoms with E-state index in [0.29, 0.717) is 28.3 Å². The number of benzene rings is 1. The van der Waals surface area contributed by atoms with Crippen molar-refractivity contribution in [2.45, 2.75) is 44.7 Å². The Morgan fingerprint density at radius 3 is 2.71 bits per heavy atom. The van der Waals surface area contributed by atoms with Crippen molar-refractivity contribution in [3.63, 3.8) is 0 Å². The lowest BCUT2D eigenvalue weighted by Crippen LogP contribution is -2.14. The van der Waals surface area contributed by atoms with E-state index < -0.39 is 0 Å². The number of thioether (sulfide) groups is 1. The monoisotopic (exact) mass is 497 g/mol. The van der Waals surface area contributed by atoms with Gasteiger partial charge in [-0.05, 0) is 30.7 Å². The number of fused-ring (bicyclic) bond motifs is 5. The first-order chi connectivity index (χ1) is 16.5. The van der Waals surface area contributed by atoms with Crippen LogP contribution >= 0.6 is 23.1 Å². The van der Waals surface area contributed by atoms with Crippen LogP contribution in [-0.2, 0) is 24.1 Å². The molecule has 3 heterocycles. The first-order valence-electron chi connectivity index (χ1n) is 11.3. The quantitative estimate of drug-likeness (QED) is 0.368. The van der Waals surface area contributed by atoms with E-state index in [2.05, 4.69) is 29.4 Å². The molecule has 34 heavy (non-hydrogen) atoms. The number of thiophene rings is 1. The predicted octanol–water partition coefficient (Wildman–Crippen LogP) is 4.77. The Balaban J connectivity index is 1.41. The Labute approximate surface area is 206 Å². The largest absolute Gasteiger partial charge is 0.497 e. The molecule has 1 amide bonds. The molecule has 0 radical (unpaired) electrons. The van der Waals surface area contributed by atoms with Crippen LogP contribution in [0.4, 0.5) is 5.69 Å². The second-order valence-electron chi connectivity index (χ2n) is 8.49. The smallest absolute Gasteiger partial charge is 0.234 e. The van der Waals surface area contributed by atoms with Gasteiger partial charge in [-0.25, -0.2) is 4.98 Å². The maximum Gasteiger partial charge on any atom is 0.234 e. The number of rotatable bonds is 7. The highest BCUT2D eigenvalue weighted by molar-refractivity contribution is 7.99. The molecule has 1 atom stereocenters. The Morgan fingerprint density at radius 1 is 1.24 bits per heavy atom. The fourth-order valence-electron chi connectivity index (χ4n) is 4.41. The van der Waals surface area contributed by atoms with Gasteiger partial charge < -0.3 is 14.8 Å². The topological polar surface area (TPSA) is 90.6 Å². The first kappa shape index (κ1) is 22.9. The molecule has 8 nitrogen and oxygen atoms in total. The van der Waals surface area contributed by atoms with Crippen LogP contribution in [0.15, 0.2) is 23.4 Å². The number of ether oxygens (including phenoxy) is 2. The zero-order valence-electron chi connectivity index (χ0n) is 19.7. The van der Waals surface area contributed by atoms with Crippen molar-refractivity contribution in [3.8, 4) is 11.5 Å². The average molecular weight is 498 g/mol. The highest BCUT2D eigenvalue weighted by atomic mass is 32.2. The van der Waals surface area contributed by atoms with Gasteiger partial charge in [0.15, 0.2) is 10.8 Å². The summed E-state index contributed by atoms with van der Waals surface area (Å²) in [6.45, 7) is 4.40. The van der Waals surface area contributed by atoms with Crippen LogP contribution in [0.1, 0.15) is 36.5 Å². The van der Waals surface area contributed by atoms with Crippen LogP contribution in [0.3, 0.4) is 0 Å². The number of carbonyl (C=O) groups is 1. The van der Waals surface area contributed by atoms with Crippen molar-refractivity contribution < 1.29 is 14.3 Å². The number of carbonyl (C=O) groups excluding carboxylic acids is 1. The van der Waals surface area contributed by atoms with Crippen LogP contribution < -0.4 is 14.8 Å². The van der Waals surface area contributed by atoms with E-state index in [1.165, 1.54) is 28.6 Å². The number of anilines is 1. The van der Waals surface area contributed by atoms with Crippen molar-refractivity contribution in [1.82, 2.24) is 19.6 Å². The molecule has 0 aliphatic heterocycles. The number of aromatic nitrogens is 4. The molecule has 0 unspecified atom stereocenters. The molecule has 1 N–H and O–H groups in total. The summed E-state index contributed by atoms with van der Waals surface area (Å²) in [6, 6.07) is 5.28. The number of nitrogens with zero attached hydrogens (tertiary/aromatic N) is 4. The lowest BCUT2D eigenvalue weighted by Gasteiger charge is -2.17. The molecular formula is C24H27N5O3S2. The standard InChI is InChI=1S/C24H27N5O3S2/c1-5-19-26-23-21(17-7-6-13(2)8-18(17)34-23)22-27-28-24(29(19)22)33-12-20(30)25-14-9-15(31-3)11-16(10-14)32-4/h9-11,13H,5-8,12H2,1-4H3,(H,25,30)/t13-/m1/s1. The maximum absolute atomic E-state index is 12.7. The summed E-state index contributed by atoms with van der Waals surface area (Å²) in [5.41, 5.74) is 2.85. The summed E-state index contributed by atoms with van der Waals surface area (Å²) in [5.74, 6) is 2.89. The summed E-state index contributed by atoms with van der Waals surface area (Å²) in [5, 5.41) is 13.7. The third kappa shape index (κ3) is 4.20. The van der Waals surface area contributed by atoms with Crippen LogP contribution in [0.25, 0.3) is 15.9 Å². The van der Waals surface area contributed by atoms with Gasteiger partial charge in [-0.15, -0.1) is 21.5 Å². The molecule has 0 saturated carbocycles. The summed E-state index contributed by atoms with van der Waals surface area (Å²) < 4.78 is 12.6. The van der Waals surface area contributed by atoms with Gasteiger partial charge in [0.1, 0.15) is 22.2 Å². The van der Waals surface area contributed by atoms with E-state index >= 15 is 0 Å². The minimum atomic E-state index is -0.147. The van der Waals surface area contributed by atoms with Gasteiger partial charge in [0.05, 0.1) is 25.4 Å². The molecular weight excluding hydrogens is 470 g/mol. The van der Waals surface area contributed by atoms with E-state index in [1.54, 1.807) is 43.8 Å². The number of hydrogen-bond acceptors (Lipinski definition) is 8. The Hall–Kier alpha value is -2.85. The number of methoxy groups -OCH3 is 2. The zero-order valence-corrected chi connectivity index (χ0v) is 21.3. The first-order valence-corrected chi connectivity index (χ1v) is 13.1. The van der Waals surface area contributed by atoms with Crippen LogP contribution in [-0.4, -0.2) is 45.5 Å². The van der Waals surface area contributed by atoms with Gasteiger partial charge >= 0.3 is 0 Å². The molecule has 10 heteroatoms. The third-order valence-electron chi connectivity index (χ3n) is 6.12. The van der Waals surface area contributed by atoms with E-state index in [0.717, 1.165) is 41.0 Å². The van der Waals surface area contributed by atoms with Crippen LogP contribution in [0.2, 0.25) is 0 Å². The van der Waals surface area contributed by atoms with E-state index in [1.807, 2.05) is 4.40 Å². The normalized spacial score (nSPS) is 15.5. The van der Waals surface area contributed by atoms with Crippen molar-refractivity contribution in [1.29, 1.82) is 0 Å². The fraction of sp³-hybridized carbons (Fsp3) is 0.417. The van der Waals surface area contributed by atoms with Gasteiger partial charge in [0.2, 0.25) is 5.91 Å². The summed E-state index contributed by atoms with van der Waals surface area (Å²) >= 11 is 3.16. The van der Waals surface area contributed by atoms with Gasteiger partial charge in [-0.1, -0.05) is 25.6 Å². The number of amides is 1. The van der Waals surface area contributed by atoms with Crippen molar-refractivity contribution >= 4 is 50.6 Å². The second-order valence-corrected chi connectivity index (χ2v) is 10.5. The molecule has 4 aromatic rings. The minimum absolute atomic E-state index is 0.147. The van der Waals surface area contributed by atoms with E-state index in [-0.39, 0.29) is 11.7 Å². The molecule has 178 valence electrons. The lowest BCUT2D eigenvalue weighted by molar-refractivity contribution is -0.113. The molecule has 0 saturated heterocycles. The molecule has 3 aromatic heterocycles.